The predicted molar refractivity (Wildman–Crippen MR) is 174 cm³/mol. The monoisotopic (exact) mass is 707 g/mol. The van der Waals surface area contributed by atoms with Crippen LogP contribution in [-0.2, 0) is 29.0 Å². The molecular formula is C32H52F3N5O7S. The van der Waals surface area contributed by atoms with Crippen LogP contribution in [-0.4, -0.2) is 96.8 Å². The minimum atomic E-state index is -4.67. The first-order valence-electron chi connectivity index (χ1n) is 16.6. The van der Waals surface area contributed by atoms with Gasteiger partial charge in [-0.1, -0.05) is 53.0 Å². The van der Waals surface area contributed by atoms with E-state index in [4.69, 9.17) is 0 Å². The number of alkyl halides is 3. The summed E-state index contributed by atoms with van der Waals surface area (Å²) >= 11 is 0. The van der Waals surface area contributed by atoms with Crippen molar-refractivity contribution < 1.29 is 45.6 Å². The zero-order chi connectivity index (χ0) is 36.5. The molecule has 12 nitrogen and oxygen atoms in total. The van der Waals surface area contributed by atoms with Crippen molar-refractivity contribution in [2.45, 2.75) is 134 Å². The predicted octanol–water partition coefficient (Wildman–Crippen LogP) is 3.31. The summed E-state index contributed by atoms with van der Waals surface area (Å²) in [5, 5.41) is 9.38. The van der Waals surface area contributed by atoms with E-state index in [0.29, 0.717) is 32.1 Å². The molecule has 274 valence electrons. The fraction of sp³-hybridized carbons (Fsp3) is 0.781. The molecule has 16 heteroatoms. The molecule has 2 unspecified atom stereocenters. The van der Waals surface area contributed by atoms with Crippen molar-refractivity contribution in [3.05, 3.63) is 12.7 Å². The number of amides is 5. The van der Waals surface area contributed by atoms with Crippen LogP contribution in [0.1, 0.15) is 98.8 Å². The van der Waals surface area contributed by atoms with E-state index < -0.39 is 92.7 Å². The van der Waals surface area contributed by atoms with Crippen molar-refractivity contribution in [1.82, 2.24) is 26.2 Å². The van der Waals surface area contributed by atoms with Crippen LogP contribution in [0.15, 0.2) is 12.7 Å². The summed E-state index contributed by atoms with van der Waals surface area (Å²) in [6.45, 7) is 11.5. The zero-order valence-electron chi connectivity index (χ0n) is 28.6. The van der Waals surface area contributed by atoms with Gasteiger partial charge in [0, 0.05) is 19.5 Å². The summed E-state index contributed by atoms with van der Waals surface area (Å²) in [5.41, 5.74) is -1.88. The van der Waals surface area contributed by atoms with Crippen molar-refractivity contribution in [3.63, 3.8) is 0 Å². The van der Waals surface area contributed by atoms with Crippen LogP contribution in [0, 0.1) is 5.41 Å². The molecule has 0 radical (unpaired) electrons. The van der Waals surface area contributed by atoms with Crippen molar-refractivity contribution in [1.29, 1.82) is 0 Å². The Bertz CT molecular complexity index is 1290. The number of urea groups is 1. The van der Waals surface area contributed by atoms with Crippen molar-refractivity contribution in [2.75, 3.05) is 18.8 Å². The van der Waals surface area contributed by atoms with E-state index in [1.165, 1.54) is 17.9 Å². The highest BCUT2D eigenvalue weighted by atomic mass is 32.2. The van der Waals surface area contributed by atoms with Crippen LogP contribution in [0.3, 0.4) is 0 Å². The molecule has 2 aliphatic rings. The normalized spacial score (nSPS) is 20.8. The summed E-state index contributed by atoms with van der Waals surface area (Å²) < 4.78 is 65.1. The lowest BCUT2D eigenvalue weighted by molar-refractivity contribution is -0.147. The Labute approximate surface area is 281 Å². The van der Waals surface area contributed by atoms with Crippen LogP contribution in [0.5, 0.6) is 0 Å². The molecule has 0 aromatic carbocycles. The Balaban J connectivity index is 2.31. The molecule has 0 spiro atoms. The molecule has 1 aliphatic carbocycles. The third-order valence-electron chi connectivity index (χ3n) is 9.02. The van der Waals surface area contributed by atoms with Crippen LogP contribution >= 0.6 is 0 Å². The minimum Gasteiger partial charge on any atom is -0.346 e. The minimum absolute atomic E-state index is 0.0224. The highest BCUT2D eigenvalue weighted by Gasteiger charge is 2.50. The lowest BCUT2D eigenvalue weighted by Gasteiger charge is -2.43. The molecule has 2 fully saturated rings. The number of nitrogens with one attached hydrogen (secondary N) is 4. The lowest BCUT2D eigenvalue weighted by Crippen LogP contribution is -2.65. The largest absolute Gasteiger partial charge is 0.389 e. The number of rotatable bonds is 15. The number of hydrogen-bond acceptors (Lipinski definition) is 7. The Kier molecular flexibility index (Phi) is 14.5. The van der Waals surface area contributed by atoms with Crippen molar-refractivity contribution >= 4 is 39.4 Å². The Morgan fingerprint density at radius 2 is 1.65 bits per heavy atom. The first-order chi connectivity index (χ1) is 22.2. The van der Waals surface area contributed by atoms with Gasteiger partial charge in [0.25, 0.3) is 5.91 Å². The van der Waals surface area contributed by atoms with E-state index in [-0.39, 0.29) is 18.8 Å². The maximum Gasteiger partial charge on any atom is 0.389 e. The number of Topliss-reactive ketones (excluding diaryl/α,β-unsaturated/α-hetero) is 1. The second-order valence-electron chi connectivity index (χ2n) is 13.9. The molecule has 4 N–H and O–H groups in total. The fourth-order valence-electron chi connectivity index (χ4n) is 6.49. The average Bonchev–Trinajstić information content (AvgIpc) is 3.37. The van der Waals surface area contributed by atoms with Crippen LogP contribution in [0.25, 0.3) is 0 Å². The maximum atomic E-state index is 14.1. The molecule has 0 aromatic heterocycles. The molecule has 48 heavy (non-hydrogen) atoms. The van der Waals surface area contributed by atoms with E-state index >= 15 is 0 Å². The molecular weight excluding hydrogens is 655 g/mol. The number of carbonyl (C=O) groups is 5. The van der Waals surface area contributed by atoms with Gasteiger partial charge in [0.05, 0.1) is 22.6 Å². The van der Waals surface area contributed by atoms with Gasteiger partial charge in [-0.2, -0.15) is 13.2 Å². The van der Waals surface area contributed by atoms with Gasteiger partial charge in [0.15, 0.2) is 9.84 Å². The molecule has 0 bridgehead atoms. The van der Waals surface area contributed by atoms with Crippen molar-refractivity contribution in [3.8, 4) is 0 Å². The van der Waals surface area contributed by atoms with E-state index in [0.717, 1.165) is 19.3 Å². The second kappa shape index (κ2) is 17.0. The molecule has 1 heterocycles. The first kappa shape index (κ1) is 41.0. The standard InChI is InChI=1S/C32H52F3N5O7S/c1-7-18-36-27(43)24(41)22(14-17-32(33,34)35)37-26(42)21(3)40(19-8-2)28(44)25(30(4,5)6)38-29(45)39-31(15-10-9-11-16-31)23-13-12-20-48(23,46)47/h7,21-23,25H,1,8-20H2,2-6H3,(H,36,43)(H,37,42)(H2,38,39,45)/t21-,22?,23?,25+/m0/s1. The Morgan fingerprint density at radius 1 is 1.02 bits per heavy atom. The molecule has 0 aromatic rings. The lowest BCUT2D eigenvalue weighted by atomic mass is 9.78. The van der Waals surface area contributed by atoms with Crippen LogP contribution in [0.4, 0.5) is 18.0 Å². The second-order valence-corrected chi connectivity index (χ2v) is 16.2. The van der Waals surface area contributed by atoms with Crippen LogP contribution < -0.4 is 21.3 Å². The van der Waals surface area contributed by atoms with Gasteiger partial charge < -0.3 is 26.2 Å². The number of ketones is 1. The van der Waals surface area contributed by atoms with Crippen molar-refractivity contribution in [2.24, 2.45) is 5.41 Å². The molecule has 1 aliphatic heterocycles. The number of hydrogen-bond donors (Lipinski definition) is 4. The van der Waals surface area contributed by atoms with E-state index in [2.05, 4.69) is 27.8 Å². The summed E-state index contributed by atoms with van der Waals surface area (Å²) in [4.78, 5) is 67.3. The number of carbonyl (C=O) groups excluding carboxylic acids is 5. The first-order valence-corrected chi connectivity index (χ1v) is 18.3. The fourth-order valence-corrected chi connectivity index (χ4v) is 8.85. The molecule has 5 amide bonds. The van der Waals surface area contributed by atoms with Crippen LogP contribution in [0.2, 0.25) is 0 Å². The molecule has 4 atom stereocenters. The van der Waals surface area contributed by atoms with Gasteiger partial charge in [0.2, 0.25) is 17.6 Å². The van der Waals surface area contributed by atoms with Gasteiger partial charge in [-0.3, -0.25) is 19.2 Å². The summed E-state index contributed by atoms with van der Waals surface area (Å²) in [6, 6.07) is -5.04. The smallest absolute Gasteiger partial charge is 0.346 e. The topological polar surface area (TPSA) is 171 Å². The third kappa shape index (κ3) is 11.2. The average molecular weight is 708 g/mol. The number of halogens is 3. The summed E-state index contributed by atoms with van der Waals surface area (Å²) in [5.74, 6) is -4.03. The molecule has 2 rings (SSSR count). The van der Waals surface area contributed by atoms with Gasteiger partial charge in [-0.05, 0) is 50.9 Å². The Morgan fingerprint density at radius 3 is 2.15 bits per heavy atom. The molecule has 1 saturated carbocycles. The maximum absolute atomic E-state index is 14.1. The van der Waals surface area contributed by atoms with E-state index in [1.54, 1.807) is 27.7 Å². The molecule has 1 saturated heterocycles. The third-order valence-corrected chi connectivity index (χ3v) is 11.4. The summed E-state index contributed by atoms with van der Waals surface area (Å²) in [6.07, 6.45) is -1.05. The summed E-state index contributed by atoms with van der Waals surface area (Å²) in [7, 11) is -3.42. The quantitative estimate of drug-likeness (QED) is 0.150. The van der Waals surface area contributed by atoms with Gasteiger partial charge >= 0.3 is 12.2 Å². The SMILES string of the molecule is C=CCNC(=O)C(=O)C(CCC(F)(F)F)NC(=O)[C@H](C)N(CCC)C(=O)[C@@H](NC(=O)NC1(C2CCCS2(=O)=O)CCCCC1)C(C)(C)C. The Hall–Kier alpha value is -3.17. The highest BCUT2D eigenvalue weighted by molar-refractivity contribution is 7.92. The number of sulfone groups is 1. The number of nitrogens with zero attached hydrogens (tertiary/aromatic N) is 1. The van der Waals surface area contributed by atoms with Gasteiger partial charge in [-0.25, -0.2) is 13.2 Å². The zero-order valence-corrected chi connectivity index (χ0v) is 29.4. The van der Waals surface area contributed by atoms with Gasteiger partial charge in [-0.15, -0.1) is 6.58 Å². The van der Waals surface area contributed by atoms with E-state index in [1.807, 2.05) is 0 Å². The highest BCUT2D eigenvalue weighted by Crippen LogP contribution is 2.39. The van der Waals surface area contributed by atoms with Gasteiger partial charge in [0.1, 0.15) is 12.1 Å². The van der Waals surface area contributed by atoms with E-state index in [9.17, 15) is 45.6 Å².